The van der Waals surface area contributed by atoms with E-state index in [-0.39, 0.29) is 24.4 Å². The Balaban J connectivity index is 2.93. The van der Waals surface area contributed by atoms with Crippen LogP contribution in [0.1, 0.15) is 30.1 Å². The molecular formula is C12H13ClO3. The van der Waals surface area contributed by atoms with Gasteiger partial charge in [0, 0.05) is 12.8 Å². The fraction of sp³-hybridized carbons (Fsp3) is 0.333. The molecule has 16 heavy (non-hydrogen) atoms. The molecule has 0 spiro atoms. The van der Waals surface area contributed by atoms with Gasteiger partial charge in [0.2, 0.25) is 0 Å². The van der Waals surface area contributed by atoms with Gasteiger partial charge in [-0.2, -0.15) is 0 Å². The predicted molar refractivity (Wildman–Crippen MR) is 62.2 cm³/mol. The standard InChI is InChI=1S/C12H13ClO3/c1-8(14)6-7-10(15)12-9(13)4-3-5-11(12)16-2/h3-5H,6-7H2,1-2H3. The minimum atomic E-state index is -0.169. The fourth-order valence-electron chi connectivity index (χ4n) is 1.36. The number of hydrogen-bond acceptors (Lipinski definition) is 3. The van der Waals surface area contributed by atoms with Crippen LogP contribution in [0, 0.1) is 0 Å². The molecule has 0 amide bonds. The normalized spacial score (nSPS) is 9.94. The molecule has 86 valence electrons. The third-order valence-corrected chi connectivity index (χ3v) is 2.49. The van der Waals surface area contributed by atoms with Crippen molar-refractivity contribution in [2.24, 2.45) is 0 Å². The number of rotatable bonds is 5. The van der Waals surface area contributed by atoms with Gasteiger partial charge in [0.1, 0.15) is 11.5 Å². The maximum absolute atomic E-state index is 11.8. The van der Waals surface area contributed by atoms with Crippen molar-refractivity contribution in [3.05, 3.63) is 28.8 Å². The van der Waals surface area contributed by atoms with Gasteiger partial charge >= 0.3 is 0 Å². The molecule has 0 aliphatic heterocycles. The van der Waals surface area contributed by atoms with E-state index in [1.807, 2.05) is 0 Å². The van der Waals surface area contributed by atoms with Crippen molar-refractivity contribution in [3.63, 3.8) is 0 Å². The van der Waals surface area contributed by atoms with Gasteiger partial charge in [-0.3, -0.25) is 4.79 Å². The van der Waals surface area contributed by atoms with E-state index in [1.165, 1.54) is 14.0 Å². The monoisotopic (exact) mass is 240 g/mol. The molecule has 0 aromatic heterocycles. The Morgan fingerprint density at radius 1 is 1.31 bits per heavy atom. The van der Waals surface area contributed by atoms with Gasteiger partial charge in [-0.15, -0.1) is 0 Å². The van der Waals surface area contributed by atoms with E-state index < -0.39 is 0 Å². The lowest BCUT2D eigenvalue weighted by Gasteiger charge is -2.08. The van der Waals surface area contributed by atoms with Crippen LogP contribution in [0.5, 0.6) is 5.75 Å². The molecule has 1 aromatic carbocycles. The van der Waals surface area contributed by atoms with Gasteiger partial charge < -0.3 is 9.53 Å². The van der Waals surface area contributed by atoms with Crippen molar-refractivity contribution in [1.29, 1.82) is 0 Å². The maximum Gasteiger partial charge on any atom is 0.168 e. The summed E-state index contributed by atoms with van der Waals surface area (Å²) in [4.78, 5) is 22.6. The predicted octanol–water partition coefficient (Wildman–Crippen LogP) is 2.90. The summed E-state index contributed by atoms with van der Waals surface area (Å²) in [6, 6.07) is 5.01. The fourth-order valence-corrected chi connectivity index (χ4v) is 1.63. The Morgan fingerprint density at radius 2 is 2.00 bits per heavy atom. The summed E-state index contributed by atoms with van der Waals surface area (Å²) >= 11 is 5.93. The van der Waals surface area contributed by atoms with Crippen LogP contribution >= 0.6 is 11.6 Å². The second-order valence-electron chi connectivity index (χ2n) is 3.44. The molecule has 0 saturated carbocycles. The van der Waals surface area contributed by atoms with Crippen LogP contribution in [0.15, 0.2) is 18.2 Å². The number of ketones is 2. The van der Waals surface area contributed by atoms with E-state index in [1.54, 1.807) is 18.2 Å². The number of halogens is 1. The van der Waals surface area contributed by atoms with Crippen LogP contribution in [0.4, 0.5) is 0 Å². The average Bonchev–Trinajstić information content (AvgIpc) is 2.25. The number of carbonyl (C=O) groups is 2. The van der Waals surface area contributed by atoms with Gasteiger partial charge in [-0.1, -0.05) is 17.7 Å². The van der Waals surface area contributed by atoms with Crippen molar-refractivity contribution in [1.82, 2.24) is 0 Å². The van der Waals surface area contributed by atoms with Crippen molar-refractivity contribution in [2.75, 3.05) is 7.11 Å². The van der Waals surface area contributed by atoms with Crippen LogP contribution in [-0.4, -0.2) is 18.7 Å². The summed E-state index contributed by atoms with van der Waals surface area (Å²) in [5.41, 5.74) is 0.355. The van der Waals surface area contributed by atoms with Crippen molar-refractivity contribution < 1.29 is 14.3 Å². The molecule has 1 rings (SSSR count). The van der Waals surface area contributed by atoms with Crippen LogP contribution in [0.2, 0.25) is 5.02 Å². The Kier molecular flexibility index (Phi) is 4.50. The lowest BCUT2D eigenvalue weighted by atomic mass is 10.0. The number of benzene rings is 1. The molecule has 0 N–H and O–H groups in total. The molecule has 0 unspecified atom stereocenters. The first-order valence-corrected chi connectivity index (χ1v) is 5.29. The first-order valence-electron chi connectivity index (χ1n) is 4.91. The topological polar surface area (TPSA) is 43.4 Å². The first-order chi connectivity index (χ1) is 7.56. The van der Waals surface area contributed by atoms with Crippen molar-refractivity contribution in [2.45, 2.75) is 19.8 Å². The van der Waals surface area contributed by atoms with Crippen LogP contribution in [0.25, 0.3) is 0 Å². The third-order valence-electron chi connectivity index (χ3n) is 2.18. The molecule has 4 heteroatoms. The minimum Gasteiger partial charge on any atom is -0.496 e. The molecule has 0 bridgehead atoms. The summed E-state index contributed by atoms with van der Waals surface area (Å²) in [7, 11) is 1.48. The number of ether oxygens (including phenoxy) is 1. The van der Waals surface area contributed by atoms with Crippen molar-refractivity contribution >= 4 is 23.2 Å². The lowest BCUT2D eigenvalue weighted by Crippen LogP contribution is -2.05. The van der Waals surface area contributed by atoms with Crippen LogP contribution in [0.3, 0.4) is 0 Å². The summed E-state index contributed by atoms with van der Waals surface area (Å²) in [5.74, 6) is 0.262. The Bertz CT molecular complexity index is 413. The number of Topliss-reactive ketones (excluding diaryl/α,β-unsaturated/α-hetero) is 2. The second-order valence-corrected chi connectivity index (χ2v) is 3.85. The molecule has 3 nitrogen and oxygen atoms in total. The molecule has 0 radical (unpaired) electrons. The highest BCUT2D eigenvalue weighted by Gasteiger charge is 2.16. The van der Waals surface area contributed by atoms with Crippen molar-refractivity contribution in [3.8, 4) is 5.75 Å². The zero-order valence-electron chi connectivity index (χ0n) is 9.25. The minimum absolute atomic E-state index is 0.0145. The largest absolute Gasteiger partial charge is 0.496 e. The lowest BCUT2D eigenvalue weighted by molar-refractivity contribution is -0.116. The zero-order valence-corrected chi connectivity index (χ0v) is 10.0. The molecule has 0 saturated heterocycles. The van der Waals surface area contributed by atoms with Gasteiger partial charge in [0.25, 0.3) is 0 Å². The van der Waals surface area contributed by atoms with Gasteiger partial charge in [-0.05, 0) is 19.1 Å². The second kappa shape index (κ2) is 5.66. The van der Waals surface area contributed by atoms with Crippen LogP contribution < -0.4 is 4.74 Å². The highest BCUT2D eigenvalue weighted by molar-refractivity contribution is 6.34. The van der Waals surface area contributed by atoms with E-state index >= 15 is 0 Å². The summed E-state index contributed by atoms with van der Waals surface area (Å²) in [6.07, 6.45) is 0.392. The maximum atomic E-state index is 11.8. The SMILES string of the molecule is COc1cccc(Cl)c1C(=O)CCC(C)=O. The smallest absolute Gasteiger partial charge is 0.168 e. The summed E-state index contributed by atoms with van der Waals surface area (Å²) in [5, 5.41) is 0.355. The molecule has 0 aliphatic rings. The van der Waals surface area contributed by atoms with Crippen LogP contribution in [-0.2, 0) is 4.79 Å². The molecule has 1 aromatic rings. The van der Waals surface area contributed by atoms with E-state index in [0.717, 1.165) is 0 Å². The van der Waals surface area contributed by atoms with E-state index in [2.05, 4.69) is 0 Å². The average molecular weight is 241 g/mol. The zero-order chi connectivity index (χ0) is 12.1. The number of carbonyl (C=O) groups excluding carboxylic acids is 2. The molecule has 0 aliphatic carbocycles. The van der Waals surface area contributed by atoms with E-state index in [4.69, 9.17) is 16.3 Å². The first kappa shape index (κ1) is 12.7. The third kappa shape index (κ3) is 3.07. The van der Waals surface area contributed by atoms with Gasteiger partial charge in [0.05, 0.1) is 17.7 Å². The highest BCUT2D eigenvalue weighted by atomic mass is 35.5. The van der Waals surface area contributed by atoms with Gasteiger partial charge in [-0.25, -0.2) is 0 Å². The van der Waals surface area contributed by atoms with E-state index in [0.29, 0.717) is 16.3 Å². The molecule has 0 fully saturated rings. The number of hydrogen-bond donors (Lipinski definition) is 0. The number of methoxy groups -OCH3 is 1. The van der Waals surface area contributed by atoms with Gasteiger partial charge in [0.15, 0.2) is 5.78 Å². The molecule has 0 atom stereocenters. The molecule has 0 heterocycles. The molecular weight excluding hydrogens is 228 g/mol. The van der Waals surface area contributed by atoms with E-state index in [9.17, 15) is 9.59 Å². The summed E-state index contributed by atoms with van der Waals surface area (Å²) in [6.45, 7) is 1.46. The Labute approximate surface area is 99.4 Å². The Hall–Kier alpha value is -1.35. The Morgan fingerprint density at radius 3 is 2.56 bits per heavy atom. The summed E-state index contributed by atoms with van der Waals surface area (Å²) < 4.78 is 5.06. The highest BCUT2D eigenvalue weighted by Crippen LogP contribution is 2.27. The quantitative estimate of drug-likeness (QED) is 0.744.